The summed E-state index contributed by atoms with van der Waals surface area (Å²) in [5, 5.41) is 3.54. The fourth-order valence-corrected chi connectivity index (χ4v) is 4.31. The average molecular weight is 529 g/mol. The third-order valence-corrected chi connectivity index (χ3v) is 6.67. The Hall–Kier alpha value is -3.22. The predicted molar refractivity (Wildman–Crippen MR) is 143 cm³/mol. The largest absolute Gasteiger partial charge is 0.493 e. The molecule has 0 aromatic heterocycles. The second-order valence-corrected chi connectivity index (χ2v) is 9.09. The molecule has 8 heteroatoms. The Morgan fingerprint density at radius 1 is 0.861 bits per heavy atom. The lowest BCUT2D eigenvalue weighted by Gasteiger charge is -2.31. The Balaban J connectivity index is 1.89. The maximum absolute atomic E-state index is 13.6. The van der Waals surface area contributed by atoms with Crippen LogP contribution in [0, 0.1) is 0 Å². The number of hydrogen-bond acceptors (Lipinski definition) is 4. The third-order valence-electron chi connectivity index (χ3n) is 5.93. The molecule has 190 valence electrons. The molecule has 3 rings (SSSR count). The number of ether oxygens (including phenoxy) is 2. The molecule has 6 nitrogen and oxygen atoms in total. The molecule has 36 heavy (non-hydrogen) atoms. The van der Waals surface area contributed by atoms with E-state index in [0.29, 0.717) is 34.4 Å². The minimum atomic E-state index is -0.704. The lowest BCUT2D eigenvalue weighted by molar-refractivity contribution is -0.141. The Bertz CT molecular complexity index is 1190. The normalized spacial score (nSPS) is 11.5. The maximum atomic E-state index is 13.6. The van der Waals surface area contributed by atoms with Gasteiger partial charge in [-0.2, -0.15) is 0 Å². The molecule has 3 aromatic carbocycles. The van der Waals surface area contributed by atoms with E-state index in [-0.39, 0.29) is 24.8 Å². The van der Waals surface area contributed by atoms with Gasteiger partial charge in [0, 0.05) is 26.4 Å². The molecule has 0 heterocycles. The fourth-order valence-electron chi connectivity index (χ4n) is 3.99. The summed E-state index contributed by atoms with van der Waals surface area (Å²) in [5.41, 5.74) is 2.67. The number of aryl methyl sites for hydroxylation is 1. The van der Waals surface area contributed by atoms with Gasteiger partial charge in [0.15, 0.2) is 11.5 Å². The first-order chi connectivity index (χ1) is 17.4. The Kier molecular flexibility index (Phi) is 10.0. The van der Waals surface area contributed by atoms with Crippen LogP contribution in [0.15, 0.2) is 66.7 Å². The van der Waals surface area contributed by atoms with Crippen LogP contribution in [0.3, 0.4) is 0 Å². The zero-order chi connectivity index (χ0) is 26.1. The SMILES string of the molecule is CNC(=O)[C@H](Cc1ccccc1)N(Cc1ccc(Cl)c(Cl)c1)C(=O)CCc1ccc(OC)c(OC)c1. The van der Waals surface area contributed by atoms with Crippen LogP contribution in [-0.2, 0) is 29.0 Å². The summed E-state index contributed by atoms with van der Waals surface area (Å²) in [7, 11) is 4.72. The number of carbonyl (C=O) groups excluding carboxylic acids is 2. The molecule has 0 fully saturated rings. The van der Waals surface area contributed by atoms with Gasteiger partial charge in [0.25, 0.3) is 0 Å². The van der Waals surface area contributed by atoms with E-state index in [0.717, 1.165) is 16.7 Å². The molecule has 0 saturated heterocycles. The molecule has 0 aliphatic rings. The van der Waals surface area contributed by atoms with Gasteiger partial charge >= 0.3 is 0 Å². The lowest BCUT2D eigenvalue weighted by atomic mass is 10.0. The summed E-state index contributed by atoms with van der Waals surface area (Å²) in [6, 6.07) is 19.7. The van der Waals surface area contributed by atoms with Crippen LogP contribution in [0.5, 0.6) is 11.5 Å². The van der Waals surface area contributed by atoms with Gasteiger partial charge in [0.1, 0.15) is 6.04 Å². The summed E-state index contributed by atoms with van der Waals surface area (Å²) in [5.74, 6) is 0.831. The molecule has 0 aliphatic carbocycles. The van der Waals surface area contributed by atoms with Crippen molar-refractivity contribution in [1.82, 2.24) is 10.2 Å². The Labute approximate surface area is 222 Å². The zero-order valence-electron chi connectivity index (χ0n) is 20.6. The van der Waals surface area contributed by atoms with Gasteiger partial charge in [-0.3, -0.25) is 9.59 Å². The monoisotopic (exact) mass is 528 g/mol. The van der Waals surface area contributed by atoms with Gasteiger partial charge in [0.05, 0.1) is 24.3 Å². The first kappa shape index (κ1) is 27.4. The first-order valence-corrected chi connectivity index (χ1v) is 12.3. The second-order valence-electron chi connectivity index (χ2n) is 8.28. The maximum Gasteiger partial charge on any atom is 0.242 e. The number of carbonyl (C=O) groups is 2. The van der Waals surface area contributed by atoms with Gasteiger partial charge in [0.2, 0.25) is 11.8 Å². The highest BCUT2D eigenvalue weighted by molar-refractivity contribution is 6.42. The van der Waals surface area contributed by atoms with Crippen LogP contribution in [0.2, 0.25) is 10.0 Å². The van der Waals surface area contributed by atoms with Crippen LogP contribution in [0.4, 0.5) is 0 Å². The van der Waals surface area contributed by atoms with Crippen molar-refractivity contribution in [2.75, 3.05) is 21.3 Å². The van der Waals surface area contributed by atoms with E-state index in [1.165, 1.54) is 0 Å². The molecule has 0 unspecified atom stereocenters. The number of rotatable bonds is 11. The minimum absolute atomic E-state index is 0.152. The van der Waals surface area contributed by atoms with Crippen molar-refractivity contribution in [3.05, 3.63) is 93.5 Å². The van der Waals surface area contributed by atoms with E-state index < -0.39 is 6.04 Å². The van der Waals surface area contributed by atoms with E-state index in [2.05, 4.69) is 5.32 Å². The summed E-state index contributed by atoms with van der Waals surface area (Å²) in [4.78, 5) is 28.3. The van der Waals surface area contributed by atoms with E-state index >= 15 is 0 Å². The topological polar surface area (TPSA) is 67.9 Å². The molecule has 0 spiro atoms. The van der Waals surface area contributed by atoms with E-state index in [1.807, 2.05) is 54.6 Å². The molecule has 0 saturated carbocycles. The van der Waals surface area contributed by atoms with Crippen molar-refractivity contribution in [1.29, 1.82) is 0 Å². The number of amides is 2. The van der Waals surface area contributed by atoms with Crippen molar-refractivity contribution >= 4 is 35.0 Å². The van der Waals surface area contributed by atoms with Crippen LogP contribution in [0.25, 0.3) is 0 Å². The number of methoxy groups -OCH3 is 2. The van der Waals surface area contributed by atoms with Gasteiger partial charge in [-0.1, -0.05) is 65.7 Å². The molecule has 0 aliphatic heterocycles. The van der Waals surface area contributed by atoms with Gasteiger partial charge < -0.3 is 19.7 Å². The van der Waals surface area contributed by atoms with Crippen molar-refractivity contribution in [3.63, 3.8) is 0 Å². The summed E-state index contributed by atoms with van der Waals surface area (Å²) >= 11 is 12.3. The predicted octanol–water partition coefficient (Wildman–Crippen LogP) is 5.33. The molecule has 2 amide bonds. The number of halogens is 2. The van der Waals surface area contributed by atoms with E-state index in [9.17, 15) is 9.59 Å². The standard InChI is InChI=1S/C28H30Cl2N2O4/c1-31-28(34)24(16-19-7-5-4-6-8-19)32(18-21-9-12-22(29)23(30)15-21)27(33)14-11-20-10-13-25(35-2)26(17-20)36-3/h4-10,12-13,15,17,24H,11,14,16,18H2,1-3H3,(H,31,34)/t24-/m0/s1. The Morgan fingerprint density at radius 3 is 2.19 bits per heavy atom. The highest BCUT2D eigenvalue weighted by Crippen LogP contribution is 2.28. The quantitative estimate of drug-likeness (QED) is 0.365. The van der Waals surface area contributed by atoms with Crippen molar-refractivity contribution < 1.29 is 19.1 Å². The Morgan fingerprint density at radius 2 is 1.56 bits per heavy atom. The first-order valence-electron chi connectivity index (χ1n) is 11.6. The zero-order valence-corrected chi connectivity index (χ0v) is 22.1. The molecule has 1 N–H and O–H groups in total. The van der Waals surface area contributed by atoms with Crippen LogP contribution >= 0.6 is 23.2 Å². The number of benzene rings is 3. The summed E-state index contributed by atoms with van der Waals surface area (Å²) in [6.45, 7) is 0.215. The van der Waals surface area contributed by atoms with E-state index in [4.69, 9.17) is 32.7 Å². The third kappa shape index (κ3) is 7.15. The number of nitrogens with zero attached hydrogens (tertiary/aromatic N) is 1. The van der Waals surface area contributed by atoms with Crippen LogP contribution in [0.1, 0.15) is 23.1 Å². The fraction of sp³-hybridized carbons (Fsp3) is 0.286. The average Bonchev–Trinajstić information content (AvgIpc) is 2.91. The smallest absolute Gasteiger partial charge is 0.242 e. The molecular weight excluding hydrogens is 499 g/mol. The molecule has 0 bridgehead atoms. The number of nitrogens with one attached hydrogen (secondary N) is 1. The van der Waals surface area contributed by atoms with Gasteiger partial charge in [-0.25, -0.2) is 0 Å². The second kappa shape index (κ2) is 13.2. The summed E-state index contributed by atoms with van der Waals surface area (Å²) < 4.78 is 10.7. The molecule has 0 radical (unpaired) electrons. The van der Waals surface area contributed by atoms with Gasteiger partial charge in [-0.05, 0) is 47.4 Å². The minimum Gasteiger partial charge on any atom is -0.493 e. The lowest BCUT2D eigenvalue weighted by Crippen LogP contribution is -2.49. The van der Waals surface area contributed by atoms with Crippen molar-refractivity contribution in [3.8, 4) is 11.5 Å². The highest BCUT2D eigenvalue weighted by Gasteiger charge is 2.29. The van der Waals surface area contributed by atoms with Gasteiger partial charge in [-0.15, -0.1) is 0 Å². The molecule has 1 atom stereocenters. The van der Waals surface area contributed by atoms with Crippen molar-refractivity contribution in [2.45, 2.75) is 31.8 Å². The van der Waals surface area contributed by atoms with Crippen LogP contribution < -0.4 is 14.8 Å². The van der Waals surface area contributed by atoms with Crippen molar-refractivity contribution in [2.24, 2.45) is 0 Å². The molecular formula is C28H30Cl2N2O4. The van der Waals surface area contributed by atoms with Crippen LogP contribution in [-0.4, -0.2) is 44.0 Å². The highest BCUT2D eigenvalue weighted by atomic mass is 35.5. The summed E-state index contributed by atoms with van der Waals surface area (Å²) in [6.07, 6.45) is 1.06. The number of likely N-dealkylation sites (N-methyl/N-ethyl adjacent to an activating group) is 1. The number of hydrogen-bond donors (Lipinski definition) is 1. The van der Waals surface area contributed by atoms with E-state index in [1.54, 1.807) is 38.3 Å². The molecule has 3 aromatic rings.